The fraction of sp³-hybridized carbons (Fsp3) is 0.444. The lowest BCUT2D eigenvalue weighted by Gasteiger charge is -2.11. The summed E-state index contributed by atoms with van der Waals surface area (Å²) in [5.74, 6) is -3.26. The molecular weight excluding hydrogens is 452 g/mol. The van der Waals surface area contributed by atoms with E-state index in [9.17, 15) is 24.6 Å². The van der Waals surface area contributed by atoms with Crippen molar-refractivity contribution in [2.24, 2.45) is 5.92 Å². The first-order valence-electron chi connectivity index (χ1n) is 11.4. The molecule has 0 aliphatic heterocycles. The van der Waals surface area contributed by atoms with Crippen LogP contribution < -0.4 is 0 Å². The molecule has 0 saturated heterocycles. The van der Waals surface area contributed by atoms with Gasteiger partial charge in [-0.05, 0) is 71.6 Å². The summed E-state index contributed by atoms with van der Waals surface area (Å²) in [6.45, 7) is 8.43. The normalized spacial score (nSPS) is 12.8. The van der Waals surface area contributed by atoms with Gasteiger partial charge in [-0.2, -0.15) is 11.8 Å². The zero-order valence-electron chi connectivity index (χ0n) is 20.5. The molecule has 0 fully saturated rings. The smallest absolute Gasteiger partial charge is 0.339 e. The zero-order chi connectivity index (χ0) is 25.7. The van der Waals surface area contributed by atoms with Gasteiger partial charge in [-0.3, -0.25) is 9.59 Å². The van der Waals surface area contributed by atoms with Crippen LogP contribution in [0.4, 0.5) is 0 Å². The number of thioether (sulfide) groups is 1. The third-order valence-electron chi connectivity index (χ3n) is 5.32. The number of rotatable bonds is 15. The quantitative estimate of drug-likeness (QED) is 0.146. The first kappa shape index (κ1) is 29.2. The van der Waals surface area contributed by atoms with Gasteiger partial charge < -0.3 is 15.3 Å². The lowest BCUT2D eigenvalue weighted by Crippen LogP contribution is -2.20. The number of phenols is 1. The van der Waals surface area contributed by atoms with E-state index >= 15 is 0 Å². The number of carbonyl (C=O) groups is 3. The largest absolute Gasteiger partial charge is 0.507 e. The van der Waals surface area contributed by atoms with Crippen molar-refractivity contribution in [3.05, 3.63) is 64.3 Å². The van der Waals surface area contributed by atoms with Crippen LogP contribution in [0.1, 0.15) is 80.5 Å². The maximum Gasteiger partial charge on any atom is 0.339 e. The Morgan fingerprint density at radius 2 is 1.56 bits per heavy atom. The first-order valence-corrected chi connectivity index (χ1v) is 12.5. The van der Waals surface area contributed by atoms with Crippen LogP contribution in [0.15, 0.2) is 53.1 Å². The summed E-state index contributed by atoms with van der Waals surface area (Å²) in [6.07, 6.45) is 10.4. The van der Waals surface area contributed by atoms with E-state index in [2.05, 4.69) is 45.9 Å². The van der Waals surface area contributed by atoms with Gasteiger partial charge >= 0.3 is 11.9 Å². The highest BCUT2D eigenvalue weighted by Crippen LogP contribution is 2.22. The Labute approximate surface area is 206 Å². The Balaban J connectivity index is 2.52. The Morgan fingerprint density at radius 1 is 0.941 bits per heavy atom. The number of aromatic carboxylic acids is 1. The fourth-order valence-corrected chi connectivity index (χ4v) is 4.27. The van der Waals surface area contributed by atoms with Crippen LogP contribution in [0.25, 0.3) is 0 Å². The summed E-state index contributed by atoms with van der Waals surface area (Å²) in [5.41, 5.74) is 3.66. The maximum atomic E-state index is 12.5. The van der Waals surface area contributed by atoms with E-state index in [1.54, 1.807) is 0 Å². The summed E-state index contributed by atoms with van der Waals surface area (Å²) >= 11 is 1.45. The molecule has 0 aliphatic rings. The number of aliphatic carboxylic acids is 1. The van der Waals surface area contributed by atoms with Crippen LogP contribution in [0.3, 0.4) is 0 Å². The molecule has 1 aromatic carbocycles. The van der Waals surface area contributed by atoms with E-state index in [-0.39, 0.29) is 23.3 Å². The van der Waals surface area contributed by atoms with Crippen molar-refractivity contribution in [3.8, 4) is 5.75 Å². The van der Waals surface area contributed by atoms with Gasteiger partial charge in [0.2, 0.25) is 0 Å². The van der Waals surface area contributed by atoms with Gasteiger partial charge in [0, 0.05) is 23.5 Å². The number of benzene rings is 1. The van der Waals surface area contributed by atoms with Gasteiger partial charge in [-0.25, -0.2) is 4.79 Å². The molecule has 0 amide bonds. The van der Waals surface area contributed by atoms with Crippen molar-refractivity contribution in [2.45, 2.75) is 59.8 Å². The Hall–Kier alpha value is -2.80. The Bertz CT molecular complexity index is 954. The van der Waals surface area contributed by atoms with Gasteiger partial charge in [-0.1, -0.05) is 34.9 Å². The number of Topliss-reactive ketones (excluding diaryl/α,β-unsaturated/α-hetero) is 1. The molecule has 3 N–H and O–H groups in total. The maximum absolute atomic E-state index is 12.5. The number of ketones is 1. The molecule has 1 aromatic rings. The van der Waals surface area contributed by atoms with E-state index < -0.39 is 29.4 Å². The molecule has 0 radical (unpaired) electrons. The minimum atomic E-state index is -1.35. The molecule has 0 heterocycles. The molecule has 0 aliphatic carbocycles. The Morgan fingerprint density at radius 3 is 2.15 bits per heavy atom. The van der Waals surface area contributed by atoms with Crippen LogP contribution >= 0.6 is 11.8 Å². The number of allylic oxidation sites excluding steroid dienone is 5. The molecule has 0 aromatic heterocycles. The Kier molecular flexibility index (Phi) is 13.0. The third kappa shape index (κ3) is 11.4. The second kappa shape index (κ2) is 15.2. The zero-order valence-corrected chi connectivity index (χ0v) is 21.3. The van der Waals surface area contributed by atoms with Crippen molar-refractivity contribution in [1.82, 2.24) is 0 Å². The third-order valence-corrected chi connectivity index (χ3v) is 6.36. The number of carbonyl (C=O) groups excluding carboxylic acids is 1. The second-order valence-corrected chi connectivity index (χ2v) is 9.77. The van der Waals surface area contributed by atoms with Crippen molar-refractivity contribution in [3.63, 3.8) is 0 Å². The first-order chi connectivity index (χ1) is 16.0. The molecule has 6 nitrogen and oxygen atoms in total. The van der Waals surface area contributed by atoms with Crippen molar-refractivity contribution >= 4 is 29.5 Å². The highest BCUT2D eigenvalue weighted by atomic mass is 32.2. The second-order valence-electron chi connectivity index (χ2n) is 8.70. The molecule has 7 heteroatoms. The van der Waals surface area contributed by atoms with Gasteiger partial charge in [0.1, 0.15) is 11.3 Å². The fourth-order valence-electron chi connectivity index (χ4n) is 3.19. The molecule has 0 saturated carbocycles. The predicted molar refractivity (Wildman–Crippen MR) is 138 cm³/mol. The van der Waals surface area contributed by atoms with Crippen molar-refractivity contribution in [2.75, 3.05) is 11.5 Å². The monoisotopic (exact) mass is 488 g/mol. The average Bonchev–Trinajstić information content (AvgIpc) is 2.75. The molecule has 0 spiro atoms. The van der Waals surface area contributed by atoms with Gasteiger partial charge in [0.05, 0.1) is 5.92 Å². The molecule has 34 heavy (non-hydrogen) atoms. The molecule has 0 bridgehead atoms. The van der Waals surface area contributed by atoms with Crippen LogP contribution in [0.2, 0.25) is 0 Å². The van der Waals surface area contributed by atoms with E-state index in [1.807, 2.05) is 0 Å². The molecule has 186 valence electrons. The summed E-state index contributed by atoms with van der Waals surface area (Å²) in [5, 5.41) is 28.2. The van der Waals surface area contributed by atoms with Gasteiger partial charge in [0.25, 0.3) is 0 Å². The van der Waals surface area contributed by atoms with E-state index in [0.717, 1.165) is 37.8 Å². The summed E-state index contributed by atoms with van der Waals surface area (Å²) < 4.78 is 0. The predicted octanol–water partition coefficient (Wildman–Crippen LogP) is 6.52. The van der Waals surface area contributed by atoms with Crippen LogP contribution in [-0.4, -0.2) is 44.5 Å². The topological polar surface area (TPSA) is 112 Å². The average molecular weight is 489 g/mol. The van der Waals surface area contributed by atoms with Crippen molar-refractivity contribution < 1.29 is 29.7 Å². The number of carboxylic acids is 2. The van der Waals surface area contributed by atoms with Gasteiger partial charge in [-0.15, -0.1) is 0 Å². The number of aromatic hydroxyl groups is 1. The number of hydrogen-bond donors (Lipinski definition) is 3. The molecule has 1 atom stereocenters. The molecule has 1 unspecified atom stereocenters. The lowest BCUT2D eigenvalue weighted by molar-refractivity contribution is -0.140. The summed E-state index contributed by atoms with van der Waals surface area (Å²) in [6, 6.07) is 3.52. The summed E-state index contributed by atoms with van der Waals surface area (Å²) in [7, 11) is 0. The van der Waals surface area contributed by atoms with Crippen molar-refractivity contribution in [1.29, 1.82) is 0 Å². The summed E-state index contributed by atoms with van der Waals surface area (Å²) in [4.78, 5) is 35.2. The van der Waals surface area contributed by atoms with E-state index in [0.29, 0.717) is 5.75 Å². The molecular formula is C27H36O6S. The highest BCUT2D eigenvalue weighted by Gasteiger charge is 2.23. The lowest BCUT2D eigenvalue weighted by atomic mass is 9.98. The highest BCUT2D eigenvalue weighted by molar-refractivity contribution is 7.99. The van der Waals surface area contributed by atoms with Gasteiger partial charge in [0.15, 0.2) is 5.78 Å². The SMILES string of the molecule is CC(C)=CCC/C(C)=C/CC/C(C)=C/CSCC(CC(=O)c1ccc(O)c(C(=O)O)c1)C(=O)O. The molecule has 1 rings (SSSR count). The minimum Gasteiger partial charge on any atom is -0.507 e. The van der Waals surface area contributed by atoms with Crippen LogP contribution in [0.5, 0.6) is 5.75 Å². The van der Waals surface area contributed by atoms with E-state index in [4.69, 9.17) is 5.11 Å². The minimum absolute atomic E-state index is 0.0754. The van der Waals surface area contributed by atoms with E-state index in [1.165, 1.54) is 34.5 Å². The van der Waals surface area contributed by atoms with Crippen LogP contribution in [-0.2, 0) is 4.79 Å². The van der Waals surface area contributed by atoms with Crippen LogP contribution in [0, 0.1) is 5.92 Å². The number of carboxylic acid groups (broad SMARTS) is 2. The standard InChI is InChI=1S/C27H36O6S/c1-18(2)7-5-8-19(3)9-6-10-20(4)13-14-34-17-22(26(30)31)16-25(29)21-11-12-24(28)23(15-21)27(32)33/h7,9,11-13,15,22,28H,5-6,8,10,14,16-17H2,1-4H3,(H,30,31)(H,32,33)/b19-9+,20-13+. The number of hydrogen-bond acceptors (Lipinski definition) is 5.